The van der Waals surface area contributed by atoms with E-state index in [0.29, 0.717) is 0 Å². The van der Waals surface area contributed by atoms with E-state index in [1.807, 2.05) is 42.7 Å². The van der Waals surface area contributed by atoms with E-state index in [0.717, 1.165) is 44.5 Å². The van der Waals surface area contributed by atoms with Crippen LogP contribution in [0.25, 0.3) is 64.6 Å². The van der Waals surface area contributed by atoms with E-state index >= 15 is 0 Å². The average Bonchev–Trinajstić information content (AvgIpc) is 3.58. The summed E-state index contributed by atoms with van der Waals surface area (Å²) in [6.45, 7) is 9.07. The summed E-state index contributed by atoms with van der Waals surface area (Å²) in [6.07, 6.45) is 3.99. The number of aryl methyl sites for hydroxylation is 1. The summed E-state index contributed by atoms with van der Waals surface area (Å²) in [5, 5.41) is 6.10. The second-order valence-electron chi connectivity index (χ2n) is 11.8. The van der Waals surface area contributed by atoms with Crippen molar-refractivity contribution in [3.8, 4) is 22.5 Å². The quantitative estimate of drug-likeness (QED) is 0.132. The number of fused-ring (bicyclic) bond motifs is 6. The molecule has 219 valence electrons. The van der Waals surface area contributed by atoms with Crippen molar-refractivity contribution in [2.24, 2.45) is 0 Å². The molecule has 0 aliphatic heterocycles. The number of rotatable bonds is 3. The monoisotopic (exact) mass is 783 g/mol. The fraction of sp³-hybridized carbons (Fsp3) is 0.105. The molecule has 0 atom stereocenters. The van der Waals surface area contributed by atoms with Crippen LogP contribution in [0, 0.1) is 19.1 Å². The number of furan rings is 1. The molecule has 44 heavy (non-hydrogen) atoms. The van der Waals surface area contributed by atoms with Gasteiger partial charge in [0.05, 0.1) is 13.7 Å². The van der Waals surface area contributed by atoms with Crippen LogP contribution in [0.2, 0.25) is 19.6 Å². The Hall–Kier alpha value is -3.93. The molecule has 0 fully saturated rings. The topological polar surface area (TPSA) is 38.9 Å². The molecular weight excluding hydrogens is 753 g/mol. The maximum atomic E-state index is 6.22. The van der Waals surface area contributed by atoms with Gasteiger partial charge in [0.2, 0.25) is 0 Å². The Kier molecular flexibility index (Phi) is 8.36. The normalized spacial score (nSPS) is 11.5. The molecule has 0 bridgehead atoms. The number of pyridine rings is 2. The Bertz CT molecular complexity index is 2230. The van der Waals surface area contributed by atoms with Gasteiger partial charge < -0.3 is 14.4 Å². The van der Waals surface area contributed by atoms with Crippen LogP contribution in [0.1, 0.15) is 5.56 Å². The summed E-state index contributed by atoms with van der Waals surface area (Å²) in [7, 11) is -1.23. The van der Waals surface area contributed by atoms with E-state index in [2.05, 4.69) is 110 Å². The van der Waals surface area contributed by atoms with Crippen molar-refractivity contribution in [2.75, 3.05) is 0 Å². The van der Waals surface area contributed by atoms with Gasteiger partial charge in [-0.3, -0.25) is 0 Å². The standard InChI is InChI=1S/C24H14NOS.C14H16NSi.Ir/c1-14-9-10-15-17-6-4-7-18(24(17)26-21(15)11-14)20-12-23-19(13-25-20)16-5-2-3-8-22(16)27-23;1-16(2,3)13-9-10-14(15-11-13)12-7-5-4-6-8-12;/h2-6,8-13H,1H3;4-7,9-11H,1-3H3;/q2*-1;. The van der Waals surface area contributed by atoms with Crippen LogP contribution in [0.4, 0.5) is 0 Å². The van der Waals surface area contributed by atoms with Crippen LogP contribution in [0.5, 0.6) is 0 Å². The first-order chi connectivity index (χ1) is 20.8. The van der Waals surface area contributed by atoms with Gasteiger partial charge >= 0.3 is 0 Å². The average molecular weight is 783 g/mol. The van der Waals surface area contributed by atoms with Crippen molar-refractivity contribution in [2.45, 2.75) is 26.6 Å². The summed E-state index contributed by atoms with van der Waals surface area (Å²) in [5.41, 5.74) is 6.83. The van der Waals surface area contributed by atoms with Crippen LogP contribution < -0.4 is 5.19 Å². The van der Waals surface area contributed by atoms with Crippen molar-refractivity contribution in [3.63, 3.8) is 0 Å². The molecule has 3 nitrogen and oxygen atoms in total. The van der Waals surface area contributed by atoms with Crippen molar-refractivity contribution in [1.29, 1.82) is 0 Å². The number of aromatic nitrogens is 2. The second kappa shape index (κ2) is 12.2. The van der Waals surface area contributed by atoms with E-state index in [-0.39, 0.29) is 20.1 Å². The Morgan fingerprint density at radius 2 is 1.50 bits per heavy atom. The van der Waals surface area contributed by atoms with Crippen LogP contribution in [0.15, 0.2) is 114 Å². The third-order valence-corrected chi connectivity index (χ3v) is 10.9. The smallest absolute Gasteiger partial charge is 0.121 e. The van der Waals surface area contributed by atoms with Crippen LogP contribution >= 0.6 is 11.3 Å². The molecule has 0 amide bonds. The molecule has 4 aromatic carbocycles. The largest absolute Gasteiger partial charge is 0.501 e. The van der Waals surface area contributed by atoms with E-state index in [1.165, 1.54) is 30.9 Å². The summed E-state index contributed by atoms with van der Waals surface area (Å²) in [6, 6.07) is 39.8. The Morgan fingerprint density at radius 1 is 0.682 bits per heavy atom. The minimum Gasteiger partial charge on any atom is -0.501 e. The summed E-state index contributed by atoms with van der Waals surface area (Å²) in [4.78, 5) is 9.27. The third-order valence-electron chi connectivity index (χ3n) is 7.72. The third kappa shape index (κ3) is 5.79. The van der Waals surface area contributed by atoms with Crippen LogP contribution in [-0.4, -0.2) is 18.0 Å². The van der Waals surface area contributed by atoms with Gasteiger partial charge in [-0.2, -0.15) is 0 Å². The molecular formula is C38H30IrN2OSSi-2. The maximum absolute atomic E-state index is 6.22. The summed E-state index contributed by atoms with van der Waals surface area (Å²) >= 11 is 1.80. The van der Waals surface area contributed by atoms with Gasteiger partial charge in [-0.1, -0.05) is 79.1 Å². The molecule has 1 radical (unpaired) electrons. The van der Waals surface area contributed by atoms with Gasteiger partial charge in [-0.15, -0.1) is 65.4 Å². The number of benzene rings is 4. The number of nitrogens with zero attached hydrogens (tertiary/aromatic N) is 2. The van der Waals surface area contributed by atoms with Gasteiger partial charge in [-0.25, -0.2) is 0 Å². The van der Waals surface area contributed by atoms with Gasteiger partial charge in [0, 0.05) is 58.1 Å². The molecule has 4 aromatic heterocycles. The predicted octanol–water partition coefficient (Wildman–Crippen LogP) is 10.2. The van der Waals surface area contributed by atoms with Crippen molar-refractivity contribution in [1.82, 2.24) is 9.97 Å². The second-order valence-corrected chi connectivity index (χ2v) is 18.0. The fourth-order valence-corrected chi connectivity index (χ4v) is 7.50. The van der Waals surface area contributed by atoms with Gasteiger partial charge in [0.25, 0.3) is 0 Å². The van der Waals surface area contributed by atoms with Gasteiger partial charge in [-0.05, 0) is 41.2 Å². The van der Waals surface area contributed by atoms with Crippen LogP contribution in [0.3, 0.4) is 0 Å². The van der Waals surface area contributed by atoms with E-state index in [4.69, 9.17) is 9.40 Å². The maximum Gasteiger partial charge on any atom is 0.121 e. The molecule has 0 spiro atoms. The molecule has 6 heteroatoms. The molecule has 0 aliphatic carbocycles. The Labute approximate surface area is 276 Å². The minimum atomic E-state index is -1.23. The molecule has 0 saturated carbocycles. The Morgan fingerprint density at radius 3 is 2.27 bits per heavy atom. The van der Waals surface area contributed by atoms with Crippen molar-refractivity contribution >= 4 is 66.7 Å². The first-order valence-electron chi connectivity index (χ1n) is 14.4. The number of thiophene rings is 1. The van der Waals surface area contributed by atoms with Gasteiger partial charge in [0.1, 0.15) is 5.58 Å². The van der Waals surface area contributed by atoms with Crippen LogP contribution in [-0.2, 0) is 20.1 Å². The molecule has 0 saturated heterocycles. The first kappa shape index (κ1) is 30.1. The Balaban J connectivity index is 0.000000174. The fourth-order valence-electron chi connectivity index (χ4n) is 5.35. The number of hydrogen-bond acceptors (Lipinski definition) is 4. The summed E-state index contributed by atoms with van der Waals surface area (Å²) < 4.78 is 8.74. The molecule has 0 aliphatic rings. The zero-order valence-corrected chi connectivity index (χ0v) is 29.1. The van der Waals surface area contributed by atoms with Gasteiger partial charge in [0.15, 0.2) is 0 Å². The molecule has 4 heterocycles. The van der Waals surface area contributed by atoms with E-state index in [1.54, 1.807) is 11.3 Å². The van der Waals surface area contributed by atoms with E-state index in [9.17, 15) is 0 Å². The number of hydrogen-bond donors (Lipinski definition) is 0. The van der Waals surface area contributed by atoms with E-state index < -0.39 is 8.07 Å². The molecule has 8 aromatic rings. The molecule has 0 unspecified atom stereocenters. The zero-order chi connectivity index (χ0) is 29.6. The zero-order valence-electron chi connectivity index (χ0n) is 24.9. The predicted molar refractivity (Wildman–Crippen MR) is 185 cm³/mol. The molecule has 8 rings (SSSR count). The van der Waals surface area contributed by atoms with Crippen molar-refractivity contribution in [3.05, 3.63) is 127 Å². The SMILES string of the molecule is C[Si](C)(C)c1ccc(-c2[c-]cccc2)nc1.Cc1ccc2c(c1)oc1c(-c3cc4sc5ccccc5c4cn3)[c-]ccc12.[Ir]. The first-order valence-corrected chi connectivity index (χ1v) is 18.7. The van der Waals surface area contributed by atoms with Crippen molar-refractivity contribution < 1.29 is 24.5 Å². The minimum absolute atomic E-state index is 0. The summed E-state index contributed by atoms with van der Waals surface area (Å²) in [5.74, 6) is 0. The molecule has 0 N–H and O–H groups in total.